The van der Waals surface area contributed by atoms with Crippen molar-refractivity contribution in [1.82, 2.24) is 29.2 Å². The molecule has 4 aromatic rings. The van der Waals surface area contributed by atoms with E-state index in [-0.39, 0.29) is 6.04 Å². The summed E-state index contributed by atoms with van der Waals surface area (Å²) in [5.41, 5.74) is 5.33. The highest BCUT2D eigenvalue weighted by atomic mass is 32.1. The molecule has 0 amide bonds. The lowest BCUT2D eigenvalue weighted by molar-refractivity contribution is 0.519. The summed E-state index contributed by atoms with van der Waals surface area (Å²) < 4.78 is 6.34. The van der Waals surface area contributed by atoms with Gasteiger partial charge in [0.25, 0.3) is 0 Å². The van der Waals surface area contributed by atoms with Crippen LogP contribution in [-0.2, 0) is 0 Å². The first-order valence-electron chi connectivity index (χ1n) is 9.89. The minimum absolute atomic E-state index is 0.272. The van der Waals surface area contributed by atoms with E-state index in [1.165, 1.54) is 0 Å². The minimum Gasteiger partial charge on any atom is -0.303 e. The molecule has 1 N–H and O–H groups in total. The largest absolute Gasteiger partial charge is 0.303 e. The molecule has 0 atom stereocenters. The maximum Gasteiger partial charge on any atom is 0.216 e. The average molecular weight is 420 g/mol. The van der Waals surface area contributed by atoms with Crippen molar-refractivity contribution in [3.05, 3.63) is 69.9 Å². The fourth-order valence-corrected chi connectivity index (χ4v) is 3.85. The van der Waals surface area contributed by atoms with Crippen molar-refractivity contribution in [1.29, 1.82) is 0 Å². The third kappa shape index (κ3) is 3.43. The van der Waals surface area contributed by atoms with Gasteiger partial charge in [0.2, 0.25) is 4.77 Å². The average Bonchev–Trinajstić information content (AvgIpc) is 3.39. The van der Waals surface area contributed by atoms with Crippen LogP contribution in [0.1, 0.15) is 42.4 Å². The van der Waals surface area contributed by atoms with Crippen molar-refractivity contribution in [3.8, 4) is 17.2 Å². The van der Waals surface area contributed by atoms with Crippen LogP contribution >= 0.6 is 12.2 Å². The van der Waals surface area contributed by atoms with Gasteiger partial charge in [-0.3, -0.25) is 0 Å². The molecule has 1 aromatic carbocycles. The lowest BCUT2D eigenvalue weighted by atomic mass is 10.1. The maximum atomic E-state index is 5.42. The van der Waals surface area contributed by atoms with Crippen LogP contribution in [0.3, 0.4) is 0 Å². The first kappa shape index (κ1) is 20.0. The zero-order valence-corrected chi connectivity index (χ0v) is 18.6. The molecule has 0 aliphatic carbocycles. The molecule has 0 saturated carbocycles. The fourth-order valence-electron chi connectivity index (χ4n) is 3.67. The van der Waals surface area contributed by atoms with Crippen LogP contribution in [0, 0.1) is 25.5 Å². The Hall–Kier alpha value is -3.26. The number of aryl methyl sites for hydroxylation is 2. The normalized spacial score (nSPS) is 11.8. The monoisotopic (exact) mass is 419 g/mol. The molecule has 3 heterocycles. The number of hydrogen-bond donors (Lipinski definition) is 1. The summed E-state index contributed by atoms with van der Waals surface area (Å²) >= 11 is 5.42. The van der Waals surface area contributed by atoms with Crippen molar-refractivity contribution in [3.63, 3.8) is 0 Å². The molecule has 154 valence electrons. The van der Waals surface area contributed by atoms with E-state index in [0.717, 1.165) is 33.9 Å². The first-order valence-corrected chi connectivity index (χ1v) is 10.3. The molecule has 0 aliphatic heterocycles. The quantitative estimate of drug-likeness (QED) is 0.366. The molecule has 0 spiro atoms. The summed E-state index contributed by atoms with van der Waals surface area (Å²) in [5, 5.41) is 16.4. The van der Waals surface area contributed by atoms with Crippen molar-refractivity contribution in [2.45, 2.75) is 40.7 Å². The molecule has 0 unspecified atom stereocenters. The predicted octanol–water partition coefficient (Wildman–Crippen LogP) is 4.98. The van der Waals surface area contributed by atoms with E-state index in [4.69, 9.17) is 12.2 Å². The second kappa shape index (κ2) is 7.87. The van der Waals surface area contributed by atoms with Gasteiger partial charge in [-0.2, -0.15) is 20.0 Å². The second-order valence-corrected chi connectivity index (χ2v) is 8.00. The van der Waals surface area contributed by atoms with Gasteiger partial charge in [-0.25, -0.2) is 9.78 Å². The first-order chi connectivity index (χ1) is 14.4. The predicted molar refractivity (Wildman–Crippen MR) is 122 cm³/mol. The topological polar surface area (TPSA) is 68.7 Å². The lowest BCUT2D eigenvalue weighted by Crippen LogP contribution is -2.11. The van der Waals surface area contributed by atoms with Gasteiger partial charge in [0.15, 0.2) is 5.82 Å². The molecule has 7 nitrogen and oxygen atoms in total. The number of H-pyrrole nitrogens is 1. The Morgan fingerprint density at radius 2 is 1.90 bits per heavy atom. The number of hydrogen-bond acceptors (Lipinski definition) is 4. The van der Waals surface area contributed by atoms with E-state index in [0.29, 0.717) is 10.6 Å². The van der Waals surface area contributed by atoms with E-state index in [9.17, 15) is 0 Å². The molecule has 3 aromatic heterocycles. The Labute approximate surface area is 180 Å². The molecule has 30 heavy (non-hydrogen) atoms. The SMILES string of the molecule is Cc1ccccc1-c1n[nH]c(=S)n1/N=C\c1cc(C)n(-c2ccnn2C(C)C)c1C. The summed E-state index contributed by atoms with van der Waals surface area (Å²) in [6.07, 6.45) is 3.67. The highest BCUT2D eigenvalue weighted by molar-refractivity contribution is 7.71. The van der Waals surface area contributed by atoms with Gasteiger partial charge in [-0.1, -0.05) is 24.3 Å². The smallest absolute Gasteiger partial charge is 0.216 e. The molecular weight excluding hydrogens is 394 g/mol. The molecule has 0 radical (unpaired) electrons. The molecular formula is C22H25N7S. The van der Waals surface area contributed by atoms with Gasteiger partial charge < -0.3 is 4.57 Å². The van der Waals surface area contributed by atoms with Crippen LogP contribution in [0.5, 0.6) is 0 Å². The van der Waals surface area contributed by atoms with Crippen LogP contribution in [0.15, 0.2) is 47.7 Å². The van der Waals surface area contributed by atoms with Gasteiger partial charge in [-0.05, 0) is 58.5 Å². The van der Waals surface area contributed by atoms with Crippen molar-refractivity contribution < 1.29 is 0 Å². The molecule has 0 fully saturated rings. The van der Waals surface area contributed by atoms with Crippen LogP contribution in [0.4, 0.5) is 0 Å². The van der Waals surface area contributed by atoms with Gasteiger partial charge in [0, 0.05) is 34.6 Å². The third-order valence-electron chi connectivity index (χ3n) is 5.19. The molecule has 0 aliphatic rings. The molecule has 8 heteroatoms. The Kier molecular flexibility index (Phi) is 5.26. The maximum absolute atomic E-state index is 5.42. The van der Waals surface area contributed by atoms with E-state index in [1.54, 1.807) is 4.68 Å². The second-order valence-electron chi connectivity index (χ2n) is 7.61. The highest BCUT2D eigenvalue weighted by Gasteiger charge is 2.15. The van der Waals surface area contributed by atoms with Gasteiger partial charge in [0.1, 0.15) is 5.82 Å². The molecule has 0 bridgehead atoms. The van der Waals surface area contributed by atoms with Crippen molar-refractivity contribution in [2.24, 2.45) is 5.10 Å². The Bertz CT molecular complexity index is 1280. The lowest BCUT2D eigenvalue weighted by Gasteiger charge is -2.15. The van der Waals surface area contributed by atoms with Gasteiger partial charge in [-0.15, -0.1) is 0 Å². The molecule has 0 saturated heterocycles. The minimum atomic E-state index is 0.272. The van der Waals surface area contributed by atoms with E-state index >= 15 is 0 Å². The standard InChI is InChI=1S/C22H25N7S/c1-14(2)28-20(10-11-23-28)27-16(4)12-18(17(27)5)13-24-29-21(25-26-22(29)30)19-9-7-6-8-15(19)3/h6-14H,1-5H3,(H,26,30)/b24-13-. The Morgan fingerprint density at radius 1 is 1.13 bits per heavy atom. The fraction of sp³-hybridized carbons (Fsp3) is 0.273. The summed E-state index contributed by atoms with van der Waals surface area (Å²) in [4.78, 5) is 0. The number of benzene rings is 1. The van der Waals surface area contributed by atoms with Gasteiger partial charge in [0.05, 0.1) is 12.4 Å². The number of nitrogens with one attached hydrogen (secondary N) is 1. The number of aromatic amines is 1. The van der Waals surface area contributed by atoms with E-state index < -0.39 is 0 Å². The van der Waals surface area contributed by atoms with Crippen LogP contribution in [-0.4, -0.2) is 35.4 Å². The summed E-state index contributed by atoms with van der Waals surface area (Å²) in [6, 6.07) is 12.5. The molecule has 4 rings (SSSR count). The summed E-state index contributed by atoms with van der Waals surface area (Å²) in [6.45, 7) is 10.5. The van der Waals surface area contributed by atoms with E-state index in [1.807, 2.05) is 54.3 Å². The van der Waals surface area contributed by atoms with Crippen molar-refractivity contribution >= 4 is 18.4 Å². The number of nitrogens with zero attached hydrogens (tertiary/aromatic N) is 6. The number of aromatic nitrogens is 6. The van der Waals surface area contributed by atoms with Crippen LogP contribution in [0.2, 0.25) is 0 Å². The Balaban J connectivity index is 1.76. The summed E-state index contributed by atoms with van der Waals surface area (Å²) in [5.74, 6) is 1.74. The number of rotatable bonds is 5. The van der Waals surface area contributed by atoms with Crippen molar-refractivity contribution in [2.75, 3.05) is 0 Å². The third-order valence-corrected chi connectivity index (χ3v) is 5.45. The zero-order valence-electron chi connectivity index (χ0n) is 17.8. The zero-order chi connectivity index (χ0) is 21.4. The highest BCUT2D eigenvalue weighted by Crippen LogP contribution is 2.23. The summed E-state index contributed by atoms with van der Waals surface area (Å²) in [7, 11) is 0. The van der Waals surface area contributed by atoms with Gasteiger partial charge >= 0.3 is 0 Å². The van der Waals surface area contributed by atoms with Crippen LogP contribution < -0.4 is 0 Å². The van der Waals surface area contributed by atoms with Crippen LogP contribution in [0.25, 0.3) is 17.2 Å². The van der Waals surface area contributed by atoms with E-state index in [2.05, 4.69) is 58.7 Å². The Morgan fingerprint density at radius 3 is 2.63 bits per heavy atom.